The van der Waals surface area contributed by atoms with Crippen LogP contribution in [0.1, 0.15) is 79.9 Å². The maximum absolute atomic E-state index is 13.6. The van der Waals surface area contributed by atoms with E-state index in [1.165, 1.54) is 0 Å². The van der Waals surface area contributed by atoms with E-state index in [1.54, 1.807) is 12.1 Å². The SMILES string of the molecule is CCC1(CC)C(=O)N(C(C)(C)C)CC(C)(C)N1OC(C)c1ccc(O)cc1. The molecule has 1 aromatic rings. The second kappa shape index (κ2) is 7.44. The molecule has 2 rings (SSSR count). The minimum Gasteiger partial charge on any atom is -0.508 e. The fraction of sp³-hybridized carbons (Fsp3) is 0.682. The number of aromatic hydroxyl groups is 1. The average molecular weight is 377 g/mol. The summed E-state index contributed by atoms with van der Waals surface area (Å²) in [7, 11) is 0. The first-order chi connectivity index (χ1) is 12.4. The number of carbonyl (C=O) groups excluding carboxylic acids is 1. The molecule has 1 aliphatic rings. The van der Waals surface area contributed by atoms with Crippen molar-refractivity contribution in [3.05, 3.63) is 29.8 Å². The molecule has 1 unspecified atom stereocenters. The maximum atomic E-state index is 13.6. The number of hydroxylamine groups is 2. The molecule has 0 radical (unpaired) electrons. The van der Waals surface area contributed by atoms with Gasteiger partial charge < -0.3 is 10.0 Å². The van der Waals surface area contributed by atoms with Gasteiger partial charge in [0.1, 0.15) is 17.4 Å². The van der Waals surface area contributed by atoms with Crippen molar-refractivity contribution in [3.63, 3.8) is 0 Å². The van der Waals surface area contributed by atoms with Crippen LogP contribution < -0.4 is 0 Å². The van der Waals surface area contributed by atoms with Crippen LogP contribution in [-0.2, 0) is 9.63 Å². The molecule has 27 heavy (non-hydrogen) atoms. The number of phenolic OH excluding ortho intramolecular Hbond substituents is 1. The normalized spacial score (nSPS) is 21.3. The Kier molecular flexibility index (Phi) is 5.98. The molecule has 0 aliphatic carbocycles. The Hall–Kier alpha value is -1.59. The molecule has 0 saturated carbocycles. The van der Waals surface area contributed by atoms with Crippen LogP contribution >= 0.6 is 0 Å². The van der Waals surface area contributed by atoms with Crippen LogP contribution in [0.2, 0.25) is 0 Å². The third-order valence-corrected chi connectivity index (χ3v) is 5.73. The molecule has 0 aromatic heterocycles. The number of nitrogens with zero attached hydrogens (tertiary/aromatic N) is 2. The van der Waals surface area contributed by atoms with E-state index < -0.39 is 5.54 Å². The highest BCUT2D eigenvalue weighted by Gasteiger charge is 2.57. The molecule has 1 N–H and O–H groups in total. The lowest BCUT2D eigenvalue weighted by Crippen LogP contribution is -2.75. The van der Waals surface area contributed by atoms with Gasteiger partial charge in [-0.05, 0) is 72.1 Å². The van der Waals surface area contributed by atoms with Crippen molar-refractivity contribution in [3.8, 4) is 5.75 Å². The lowest BCUT2D eigenvalue weighted by atomic mass is 9.80. The Morgan fingerprint density at radius 1 is 1.15 bits per heavy atom. The van der Waals surface area contributed by atoms with E-state index in [2.05, 4.69) is 48.5 Å². The molecule has 5 nitrogen and oxygen atoms in total. The van der Waals surface area contributed by atoms with E-state index in [9.17, 15) is 9.90 Å². The molecular formula is C22H36N2O3. The molecule has 1 fully saturated rings. The molecule has 1 saturated heterocycles. The number of hydrogen-bond donors (Lipinski definition) is 1. The van der Waals surface area contributed by atoms with Crippen molar-refractivity contribution in [1.29, 1.82) is 0 Å². The number of benzene rings is 1. The zero-order chi connectivity index (χ0) is 20.6. The average Bonchev–Trinajstić information content (AvgIpc) is 2.58. The van der Waals surface area contributed by atoms with E-state index in [0.29, 0.717) is 19.4 Å². The molecule has 0 spiro atoms. The van der Waals surface area contributed by atoms with Crippen LogP contribution in [0.15, 0.2) is 24.3 Å². The Morgan fingerprint density at radius 2 is 1.67 bits per heavy atom. The predicted octanol–water partition coefficient (Wildman–Crippen LogP) is 4.66. The first-order valence-electron chi connectivity index (χ1n) is 9.97. The number of carbonyl (C=O) groups is 1. The number of hydrogen-bond acceptors (Lipinski definition) is 4. The van der Waals surface area contributed by atoms with Crippen molar-refractivity contribution in [2.45, 2.75) is 91.0 Å². The highest BCUT2D eigenvalue weighted by atomic mass is 16.7. The summed E-state index contributed by atoms with van der Waals surface area (Å²) < 4.78 is 0. The molecule has 1 amide bonds. The first kappa shape index (κ1) is 21.7. The van der Waals surface area contributed by atoms with Crippen LogP contribution in [0, 0.1) is 0 Å². The number of piperazine rings is 1. The van der Waals surface area contributed by atoms with Crippen LogP contribution in [0.3, 0.4) is 0 Å². The second-order valence-electron chi connectivity index (χ2n) is 9.25. The van der Waals surface area contributed by atoms with Crippen LogP contribution in [0.4, 0.5) is 0 Å². The van der Waals surface area contributed by atoms with Gasteiger partial charge in [-0.25, -0.2) is 0 Å². The Morgan fingerprint density at radius 3 is 2.11 bits per heavy atom. The Labute approximate surface area is 164 Å². The summed E-state index contributed by atoms with van der Waals surface area (Å²) in [6.07, 6.45) is 1.14. The zero-order valence-electron chi connectivity index (χ0n) is 18.2. The number of rotatable bonds is 5. The molecular weight excluding hydrogens is 340 g/mol. The number of phenols is 1. The fourth-order valence-electron chi connectivity index (χ4n) is 4.03. The van der Waals surface area contributed by atoms with Crippen LogP contribution in [0.25, 0.3) is 0 Å². The van der Waals surface area contributed by atoms with Crippen molar-refractivity contribution in [2.75, 3.05) is 6.54 Å². The van der Waals surface area contributed by atoms with Gasteiger partial charge in [0, 0.05) is 12.1 Å². The second-order valence-corrected chi connectivity index (χ2v) is 9.25. The van der Waals surface area contributed by atoms with E-state index in [4.69, 9.17) is 4.84 Å². The summed E-state index contributed by atoms with van der Waals surface area (Å²) in [6.45, 7) is 17.3. The van der Waals surface area contributed by atoms with Gasteiger partial charge in [-0.1, -0.05) is 26.0 Å². The molecule has 0 bridgehead atoms. The largest absolute Gasteiger partial charge is 0.508 e. The van der Waals surface area contributed by atoms with Gasteiger partial charge in [-0.15, -0.1) is 0 Å². The third-order valence-electron chi connectivity index (χ3n) is 5.73. The van der Waals surface area contributed by atoms with E-state index in [1.807, 2.05) is 29.0 Å². The van der Waals surface area contributed by atoms with Gasteiger partial charge in [-0.2, -0.15) is 5.06 Å². The van der Waals surface area contributed by atoms with Gasteiger partial charge in [-0.3, -0.25) is 9.63 Å². The maximum Gasteiger partial charge on any atom is 0.245 e. The molecule has 5 heteroatoms. The fourth-order valence-corrected chi connectivity index (χ4v) is 4.03. The standard InChI is InChI=1S/C22H36N2O3/c1-9-22(10-2)19(26)23(20(4,5)6)15-21(7,8)24(22)27-16(3)17-11-13-18(25)14-12-17/h11-14,16,25H,9-10,15H2,1-8H3. The smallest absolute Gasteiger partial charge is 0.245 e. The minimum absolute atomic E-state index is 0.136. The molecule has 152 valence electrons. The van der Waals surface area contributed by atoms with Crippen molar-refractivity contribution < 1.29 is 14.7 Å². The topological polar surface area (TPSA) is 53.0 Å². The summed E-state index contributed by atoms with van der Waals surface area (Å²) in [4.78, 5) is 22.1. The van der Waals surface area contributed by atoms with Crippen molar-refractivity contribution in [1.82, 2.24) is 9.96 Å². The first-order valence-corrected chi connectivity index (χ1v) is 9.97. The highest BCUT2D eigenvalue weighted by Crippen LogP contribution is 2.42. The van der Waals surface area contributed by atoms with Gasteiger partial charge in [0.15, 0.2) is 0 Å². The molecule has 1 atom stereocenters. The lowest BCUT2D eigenvalue weighted by molar-refractivity contribution is -0.311. The lowest BCUT2D eigenvalue weighted by Gasteiger charge is -2.59. The van der Waals surface area contributed by atoms with E-state index in [-0.39, 0.29) is 28.8 Å². The highest BCUT2D eigenvalue weighted by molar-refractivity contribution is 5.88. The Bertz CT molecular complexity index is 657. The molecule has 1 aliphatic heterocycles. The van der Waals surface area contributed by atoms with Crippen LogP contribution in [-0.4, -0.2) is 44.1 Å². The molecule has 1 aromatic carbocycles. The summed E-state index contributed by atoms with van der Waals surface area (Å²) in [6, 6.07) is 7.05. The van der Waals surface area contributed by atoms with E-state index in [0.717, 1.165) is 5.56 Å². The van der Waals surface area contributed by atoms with Gasteiger partial charge in [0.25, 0.3) is 0 Å². The van der Waals surface area contributed by atoms with Gasteiger partial charge in [0.05, 0.1) is 5.54 Å². The predicted molar refractivity (Wildman–Crippen MR) is 108 cm³/mol. The zero-order valence-corrected chi connectivity index (χ0v) is 18.2. The monoisotopic (exact) mass is 376 g/mol. The summed E-state index contributed by atoms with van der Waals surface area (Å²) in [5.74, 6) is 0.369. The summed E-state index contributed by atoms with van der Waals surface area (Å²) in [5, 5.41) is 11.5. The minimum atomic E-state index is -0.694. The van der Waals surface area contributed by atoms with Crippen LogP contribution in [0.5, 0.6) is 5.75 Å². The summed E-state index contributed by atoms with van der Waals surface area (Å²) in [5.41, 5.74) is -0.299. The quantitative estimate of drug-likeness (QED) is 0.812. The number of amides is 1. The molecule has 1 heterocycles. The Balaban J connectivity index is 2.42. The van der Waals surface area contributed by atoms with E-state index >= 15 is 0 Å². The van der Waals surface area contributed by atoms with Crippen molar-refractivity contribution >= 4 is 5.91 Å². The third kappa shape index (κ3) is 3.99. The van der Waals surface area contributed by atoms with Gasteiger partial charge >= 0.3 is 0 Å². The summed E-state index contributed by atoms with van der Waals surface area (Å²) >= 11 is 0. The van der Waals surface area contributed by atoms with Crippen molar-refractivity contribution in [2.24, 2.45) is 0 Å². The van der Waals surface area contributed by atoms with Gasteiger partial charge in [0.2, 0.25) is 5.91 Å².